The molecule has 96 valence electrons. The zero-order chi connectivity index (χ0) is 12.6. The van der Waals surface area contributed by atoms with Crippen LogP contribution in [0.25, 0.3) is 0 Å². The molecule has 0 bridgehead atoms. The summed E-state index contributed by atoms with van der Waals surface area (Å²) in [6.07, 6.45) is 3.48. The van der Waals surface area contributed by atoms with Crippen LogP contribution in [0.3, 0.4) is 0 Å². The molecule has 1 atom stereocenters. The van der Waals surface area contributed by atoms with Crippen molar-refractivity contribution in [3.8, 4) is 0 Å². The van der Waals surface area contributed by atoms with Crippen molar-refractivity contribution < 1.29 is 5.11 Å². The van der Waals surface area contributed by atoms with Gasteiger partial charge in [0.15, 0.2) is 0 Å². The van der Waals surface area contributed by atoms with E-state index in [-0.39, 0.29) is 12.6 Å². The molecule has 1 aromatic carbocycles. The number of H-pyrrole nitrogens is 1. The lowest BCUT2D eigenvalue weighted by atomic mass is 10.0. The number of aliphatic hydroxyl groups is 1. The van der Waals surface area contributed by atoms with Gasteiger partial charge in [-0.05, 0) is 24.5 Å². The van der Waals surface area contributed by atoms with Gasteiger partial charge in [0.25, 0.3) is 0 Å². The third-order valence-corrected chi connectivity index (χ3v) is 2.95. The highest BCUT2D eigenvalue weighted by molar-refractivity contribution is 5.19. The molecule has 2 rings (SSSR count). The SMILES string of the molecule is OCCCC(NCc1ccn[nH]1)c1ccccc1. The van der Waals surface area contributed by atoms with Crippen LogP contribution in [0, 0.1) is 0 Å². The largest absolute Gasteiger partial charge is 0.396 e. The molecule has 0 saturated heterocycles. The highest BCUT2D eigenvalue weighted by Crippen LogP contribution is 2.18. The van der Waals surface area contributed by atoms with E-state index in [0.717, 1.165) is 25.1 Å². The number of nitrogens with zero attached hydrogens (tertiary/aromatic N) is 1. The van der Waals surface area contributed by atoms with Gasteiger partial charge in [0.1, 0.15) is 0 Å². The van der Waals surface area contributed by atoms with E-state index in [2.05, 4.69) is 27.6 Å². The number of aromatic amines is 1. The number of hydrogen-bond donors (Lipinski definition) is 3. The number of rotatable bonds is 7. The molecule has 3 N–H and O–H groups in total. The Balaban J connectivity index is 1.96. The van der Waals surface area contributed by atoms with Crippen molar-refractivity contribution in [2.75, 3.05) is 6.61 Å². The van der Waals surface area contributed by atoms with Gasteiger partial charge in [-0.1, -0.05) is 30.3 Å². The van der Waals surface area contributed by atoms with Crippen LogP contribution in [0.5, 0.6) is 0 Å². The summed E-state index contributed by atoms with van der Waals surface area (Å²) in [6.45, 7) is 0.986. The molecule has 0 fully saturated rings. The topological polar surface area (TPSA) is 60.9 Å². The van der Waals surface area contributed by atoms with Crippen molar-refractivity contribution in [3.63, 3.8) is 0 Å². The molecule has 0 aliphatic heterocycles. The molecule has 0 amide bonds. The first-order valence-corrected chi connectivity index (χ1v) is 6.27. The van der Waals surface area contributed by atoms with Gasteiger partial charge in [-0.25, -0.2) is 0 Å². The predicted octanol–water partition coefficient (Wildman–Crippen LogP) is 2.01. The van der Waals surface area contributed by atoms with Crippen molar-refractivity contribution in [1.82, 2.24) is 15.5 Å². The van der Waals surface area contributed by atoms with E-state index < -0.39 is 0 Å². The maximum atomic E-state index is 8.97. The smallest absolute Gasteiger partial charge is 0.0490 e. The van der Waals surface area contributed by atoms with E-state index >= 15 is 0 Å². The summed E-state index contributed by atoms with van der Waals surface area (Å²) >= 11 is 0. The van der Waals surface area contributed by atoms with Crippen molar-refractivity contribution >= 4 is 0 Å². The predicted molar refractivity (Wildman–Crippen MR) is 70.9 cm³/mol. The summed E-state index contributed by atoms with van der Waals surface area (Å²) < 4.78 is 0. The van der Waals surface area contributed by atoms with Crippen LogP contribution in [-0.2, 0) is 6.54 Å². The third-order valence-electron chi connectivity index (χ3n) is 2.95. The molecule has 0 spiro atoms. The van der Waals surface area contributed by atoms with Crippen molar-refractivity contribution in [3.05, 3.63) is 53.9 Å². The van der Waals surface area contributed by atoms with Crippen LogP contribution >= 0.6 is 0 Å². The lowest BCUT2D eigenvalue weighted by molar-refractivity contribution is 0.274. The Morgan fingerprint density at radius 1 is 1.22 bits per heavy atom. The second kappa shape index (κ2) is 6.93. The average molecular weight is 245 g/mol. The summed E-state index contributed by atoms with van der Waals surface area (Å²) in [5.41, 5.74) is 2.32. The molecule has 2 aromatic rings. The van der Waals surface area contributed by atoms with Gasteiger partial charge in [-0.3, -0.25) is 5.10 Å². The summed E-state index contributed by atoms with van der Waals surface area (Å²) in [4.78, 5) is 0. The molecule has 0 aliphatic carbocycles. The van der Waals surface area contributed by atoms with Gasteiger partial charge in [0.05, 0.1) is 0 Å². The summed E-state index contributed by atoms with van der Waals surface area (Å²) in [7, 11) is 0. The molecule has 4 heteroatoms. The van der Waals surface area contributed by atoms with Crippen LogP contribution in [0.4, 0.5) is 0 Å². The van der Waals surface area contributed by atoms with Gasteiger partial charge in [-0.15, -0.1) is 0 Å². The lowest BCUT2D eigenvalue weighted by Gasteiger charge is -2.18. The van der Waals surface area contributed by atoms with Gasteiger partial charge in [0.2, 0.25) is 0 Å². The molecule has 4 nitrogen and oxygen atoms in total. The Morgan fingerprint density at radius 3 is 2.72 bits per heavy atom. The van der Waals surface area contributed by atoms with E-state index in [9.17, 15) is 0 Å². The highest BCUT2D eigenvalue weighted by atomic mass is 16.2. The Morgan fingerprint density at radius 2 is 2.06 bits per heavy atom. The monoisotopic (exact) mass is 245 g/mol. The Kier molecular flexibility index (Phi) is 4.93. The van der Waals surface area contributed by atoms with E-state index in [0.29, 0.717) is 0 Å². The van der Waals surface area contributed by atoms with Crippen molar-refractivity contribution in [1.29, 1.82) is 0 Å². The molecule has 1 aromatic heterocycles. The second-order valence-electron chi connectivity index (χ2n) is 4.29. The fourth-order valence-electron chi connectivity index (χ4n) is 1.98. The highest BCUT2D eigenvalue weighted by Gasteiger charge is 2.10. The Hall–Kier alpha value is -1.65. The van der Waals surface area contributed by atoms with E-state index in [1.807, 2.05) is 24.3 Å². The molecule has 0 aliphatic rings. The molecule has 1 unspecified atom stereocenters. The van der Waals surface area contributed by atoms with Gasteiger partial charge in [0, 0.05) is 31.1 Å². The van der Waals surface area contributed by atoms with Gasteiger partial charge in [-0.2, -0.15) is 5.10 Å². The van der Waals surface area contributed by atoms with Crippen LogP contribution in [0.1, 0.15) is 30.1 Å². The average Bonchev–Trinajstić information content (AvgIpc) is 2.93. The standard InChI is InChI=1S/C14H19N3O/c18-10-4-7-14(12-5-2-1-3-6-12)15-11-13-8-9-16-17-13/h1-3,5-6,8-9,14-15,18H,4,7,10-11H2,(H,16,17). The fraction of sp³-hybridized carbons (Fsp3) is 0.357. The maximum absolute atomic E-state index is 8.97. The fourth-order valence-corrected chi connectivity index (χ4v) is 1.98. The van der Waals surface area contributed by atoms with Crippen LogP contribution in [-0.4, -0.2) is 21.9 Å². The van der Waals surface area contributed by atoms with Crippen LogP contribution in [0.15, 0.2) is 42.6 Å². The van der Waals surface area contributed by atoms with E-state index in [1.165, 1.54) is 5.56 Å². The number of benzene rings is 1. The first-order chi connectivity index (χ1) is 8.90. The summed E-state index contributed by atoms with van der Waals surface area (Å²) in [5.74, 6) is 0. The molecule has 18 heavy (non-hydrogen) atoms. The number of aliphatic hydroxyl groups excluding tert-OH is 1. The molecule has 1 heterocycles. The summed E-state index contributed by atoms with van der Waals surface area (Å²) in [6, 6.07) is 12.5. The molecule has 0 saturated carbocycles. The second-order valence-corrected chi connectivity index (χ2v) is 4.29. The number of hydrogen-bond acceptors (Lipinski definition) is 3. The van der Waals surface area contributed by atoms with Crippen LogP contribution < -0.4 is 5.32 Å². The Labute approximate surface area is 107 Å². The Bertz CT molecular complexity index is 428. The number of nitrogens with one attached hydrogen (secondary N) is 2. The van der Waals surface area contributed by atoms with Crippen molar-refractivity contribution in [2.45, 2.75) is 25.4 Å². The minimum atomic E-state index is 0.231. The zero-order valence-corrected chi connectivity index (χ0v) is 10.3. The van der Waals surface area contributed by atoms with Crippen molar-refractivity contribution in [2.24, 2.45) is 0 Å². The molecular weight excluding hydrogens is 226 g/mol. The molecular formula is C14H19N3O. The first kappa shape index (κ1) is 12.8. The molecule has 0 radical (unpaired) electrons. The van der Waals surface area contributed by atoms with Crippen LogP contribution in [0.2, 0.25) is 0 Å². The van der Waals surface area contributed by atoms with E-state index in [1.54, 1.807) is 6.20 Å². The van der Waals surface area contributed by atoms with Gasteiger partial charge >= 0.3 is 0 Å². The number of aromatic nitrogens is 2. The summed E-state index contributed by atoms with van der Waals surface area (Å²) in [5, 5.41) is 19.3. The lowest BCUT2D eigenvalue weighted by Crippen LogP contribution is -2.21. The zero-order valence-electron chi connectivity index (χ0n) is 10.3. The minimum Gasteiger partial charge on any atom is -0.396 e. The minimum absolute atomic E-state index is 0.231. The quantitative estimate of drug-likeness (QED) is 0.699. The maximum Gasteiger partial charge on any atom is 0.0490 e. The van der Waals surface area contributed by atoms with Gasteiger partial charge < -0.3 is 10.4 Å². The van der Waals surface area contributed by atoms with E-state index in [4.69, 9.17) is 5.11 Å². The third kappa shape index (κ3) is 3.68. The normalized spacial score (nSPS) is 12.5. The first-order valence-electron chi connectivity index (χ1n) is 6.27.